The minimum atomic E-state index is 0.403. The van der Waals surface area contributed by atoms with Crippen molar-refractivity contribution >= 4 is 5.78 Å². The molecule has 0 radical (unpaired) electrons. The molecule has 0 N–H and O–H groups in total. The fraction of sp³-hybridized carbons (Fsp3) is 0.846. The van der Waals surface area contributed by atoms with Crippen LogP contribution in [0.1, 0.15) is 59.8 Å². The van der Waals surface area contributed by atoms with Crippen LogP contribution in [0.25, 0.3) is 0 Å². The number of nitrogens with zero attached hydrogens (tertiary/aromatic N) is 1. The van der Waals surface area contributed by atoms with Gasteiger partial charge in [-0.05, 0) is 24.2 Å². The van der Waals surface area contributed by atoms with Gasteiger partial charge in [0.2, 0.25) is 0 Å². The van der Waals surface area contributed by atoms with Gasteiger partial charge in [-0.2, -0.15) is 5.26 Å². The Labute approximate surface area is 93.7 Å². The summed E-state index contributed by atoms with van der Waals surface area (Å²) in [6, 6.07) is 1.93. The number of carbonyl (C=O) groups is 1. The number of Topliss-reactive ketones (excluding diaryl/α,β-unsaturated/α-hetero) is 1. The van der Waals surface area contributed by atoms with E-state index in [9.17, 15) is 4.79 Å². The second kappa shape index (κ2) is 6.61. The molecule has 0 aliphatic heterocycles. The summed E-state index contributed by atoms with van der Waals surface area (Å²) in [5.74, 6) is 1.23. The highest BCUT2D eigenvalue weighted by atomic mass is 16.1. The van der Waals surface area contributed by atoms with Gasteiger partial charge in [0, 0.05) is 19.3 Å². The Morgan fingerprint density at radius 3 is 2.00 bits per heavy atom. The molecule has 1 rings (SSSR count). The van der Waals surface area contributed by atoms with Crippen LogP contribution in [-0.2, 0) is 4.79 Å². The molecule has 0 heterocycles. The Morgan fingerprint density at radius 1 is 1.33 bits per heavy atom. The lowest BCUT2D eigenvalue weighted by atomic mass is 9.72. The first-order valence-electron chi connectivity index (χ1n) is 5.80. The van der Waals surface area contributed by atoms with Gasteiger partial charge in [0.25, 0.3) is 0 Å². The summed E-state index contributed by atoms with van der Waals surface area (Å²) in [6.45, 7) is 8.63. The molecule has 0 spiro atoms. The number of rotatable bonds is 0. The van der Waals surface area contributed by atoms with Crippen LogP contribution in [0.5, 0.6) is 0 Å². The molecule has 0 unspecified atom stereocenters. The standard InChI is InChI=1S/C10H18O.C3H5N/c1-10(2,3)8-4-6-9(11)7-5-8;1-2-3-4/h8H,4-7H2,1-3H3;2H2,1H3. The van der Waals surface area contributed by atoms with Crippen molar-refractivity contribution < 1.29 is 4.79 Å². The molecule has 0 aromatic heterocycles. The van der Waals surface area contributed by atoms with Gasteiger partial charge in [-0.15, -0.1) is 0 Å². The van der Waals surface area contributed by atoms with Gasteiger partial charge >= 0.3 is 0 Å². The minimum absolute atomic E-state index is 0.403. The van der Waals surface area contributed by atoms with Crippen LogP contribution in [0.15, 0.2) is 0 Å². The molecule has 0 aromatic rings. The molecule has 0 amide bonds. The molecular formula is C13H23NO. The Hall–Kier alpha value is -0.840. The fourth-order valence-electron chi connectivity index (χ4n) is 1.81. The average Bonchev–Trinajstić information content (AvgIpc) is 2.17. The van der Waals surface area contributed by atoms with Gasteiger partial charge in [-0.1, -0.05) is 27.7 Å². The molecule has 2 heteroatoms. The zero-order valence-corrected chi connectivity index (χ0v) is 10.5. The molecule has 2 nitrogen and oxygen atoms in total. The largest absolute Gasteiger partial charge is 0.300 e. The Morgan fingerprint density at radius 2 is 1.73 bits per heavy atom. The first-order chi connectivity index (χ1) is 6.91. The van der Waals surface area contributed by atoms with E-state index in [2.05, 4.69) is 20.8 Å². The van der Waals surface area contributed by atoms with Crippen molar-refractivity contribution in [3.05, 3.63) is 0 Å². The van der Waals surface area contributed by atoms with Crippen molar-refractivity contribution in [2.75, 3.05) is 0 Å². The van der Waals surface area contributed by atoms with Gasteiger partial charge in [0.1, 0.15) is 5.78 Å². The van der Waals surface area contributed by atoms with E-state index in [1.165, 1.54) is 0 Å². The molecule has 0 bridgehead atoms. The van der Waals surface area contributed by atoms with E-state index in [0.717, 1.165) is 31.6 Å². The lowest BCUT2D eigenvalue weighted by Gasteiger charge is -2.33. The third kappa shape index (κ3) is 6.28. The Kier molecular flexibility index (Phi) is 6.24. The zero-order chi connectivity index (χ0) is 11.9. The summed E-state index contributed by atoms with van der Waals surface area (Å²) >= 11 is 0. The summed E-state index contributed by atoms with van der Waals surface area (Å²) in [6.07, 6.45) is 4.49. The maximum Gasteiger partial charge on any atom is 0.132 e. The molecule has 1 aliphatic carbocycles. The monoisotopic (exact) mass is 209 g/mol. The van der Waals surface area contributed by atoms with Crippen molar-refractivity contribution in [3.8, 4) is 6.07 Å². The lowest BCUT2D eigenvalue weighted by molar-refractivity contribution is -0.121. The highest BCUT2D eigenvalue weighted by molar-refractivity contribution is 5.79. The van der Waals surface area contributed by atoms with Crippen LogP contribution >= 0.6 is 0 Å². The fourth-order valence-corrected chi connectivity index (χ4v) is 1.81. The molecule has 15 heavy (non-hydrogen) atoms. The van der Waals surface area contributed by atoms with Crippen molar-refractivity contribution in [3.63, 3.8) is 0 Å². The van der Waals surface area contributed by atoms with Gasteiger partial charge in [0.15, 0.2) is 0 Å². The number of nitriles is 1. The second-order valence-corrected chi connectivity index (χ2v) is 5.19. The van der Waals surface area contributed by atoms with E-state index in [0.29, 0.717) is 17.6 Å². The summed E-state index contributed by atoms with van der Waals surface area (Å²) in [7, 11) is 0. The van der Waals surface area contributed by atoms with Gasteiger partial charge in [-0.3, -0.25) is 4.79 Å². The third-order valence-corrected chi connectivity index (χ3v) is 2.93. The molecule has 86 valence electrons. The molecule has 1 saturated carbocycles. The van der Waals surface area contributed by atoms with Crippen LogP contribution in [0, 0.1) is 22.7 Å². The second-order valence-electron chi connectivity index (χ2n) is 5.19. The first kappa shape index (κ1) is 14.2. The number of ketones is 1. The highest BCUT2D eigenvalue weighted by Gasteiger charge is 2.28. The summed E-state index contributed by atoms with van der Waals surface area (Å²) in [4.78, 5) is 10.9. The van der Waals surface area contributed by atoms with Crippen molar-refractivity contribution in [1.82, 2.24) is 0 Å². The Balaban J connectivity index is 0.000000423. The molecule has 0 saturated heterocycles. The molecule has 0 atom stereocenters. The topological polar surface area (TPSA) is 40.9 Å². The number of hydrogen-bond donors (Lipinski definition) is 0. The summed E-state index contributed by atoms with van der Waals surface area (Å²) in [5, 5.41) is 7.62. The maximum atomic E-state index is 10.9. The van der Waals surface area contributed by atoms with E-state index in [4.69, 9.17) is 5.26 Å². The van der Waals surface area contributed by atoms with E-state index >= 15 is 0 Å². The lowest BCUT2D eigenvalue weighted by Crippen LogP contribution is -2.25. The van der Waals surface area contributed by atoms with Crippen molar-refractivity contribution in [2.45, 2.75) is 59.8 Å². The smallest absolute Gasteiger partial charge is 0.132 e. The molecule has 1 fully saturated rings. The minimum Gasteiger partial charge on any atom is -0.300 e. The van der Waals surface area contributed by atoms with E-state index in [-0.39, 0.29) is 0 Å². The normalized spacial score (nSPS) is 17.7. The van der Waals surface area contributed by atoms with Crippen LogP contribution < -0.4 is 0 Å². The quantitative estimate of drug-likeness (QED) is 0.610. The number of hydrogen-bond acceptors (Lipinski definition) is 2. The summed E-state index contributed by atoms with van der Waals surface area (Å²) in [5.41, 5.74) is 0.403. The number of carbonyl (C=O) groups excluding carboxylic acids is 1. The van der Waals surface area contributed by atoms with E-state index < -0.39 is 0 Å². The Bertz CT molecular complexity index is 222. The molecular weight excluding hydrogens is 186 g/mol. The van der Waals surface area contributed by atoms with Crippen LogP contribution in [0.4, 0.5) is 0 Å². The van der Waals surface area contributed by atoms with Gasteiger partial charge in [-0.25, -0.2) is 0 Å². The van der Waals surface area contributed by atoms with Crippen LogP contribution in [0.3, 0.4) is 0 Å². The summed E-state index contributed by atoms with van der Waals surface area (Å²) < 4.78 is 0. The van der Waals surface area contributed by atoms with E-state index in [1.807, 2.05) is 13.0 Å². The van der Waals surface area contributed by atoms with Crippen LogP contribution in [0.2, 0.25) is 0 Å². The first-order valence-corrected chi connectivity index (χ1v) is 5.80. The molecule has 1 aliphatic rings. The molecule has 0 aromatic carbocycles. The third-order valence-electron chi connectivity index (χ3n) is 2.93. The van der Waals surface area contributed by atoms with Gasteiger partial charge < -0.3 is 0 Å². The predicted octanol–water partition coefficient (Wildman–Crippen LogP) is 3.71. The van der Waals surface area contributed by atoms with Gasteiger partial charge in [0.05, 0.1) is 6.07 Å². The maximum absolute atomic E-state index is 10.9. The SMILES string of the molecule is CC(C)(C)C1CCC(=O)CC1.CCC#N. The predicted molar refractivity (Wildman–Crippen MR) is 62.3 cm³/mol. The van der Waals surface area contributed by atoms with Crippen molar-refractivity contribution in [1.29, 1.82) is 5.26 Å². The van der Waals surface area contributed by atoms with Crippen molar-refractivity contribution in [2.24, 2.45) is 11.3 Å². The van der Waals surface area contributed by atoms with E-state index in [1.54, 1.807) is 0 Å². The highest BCUT2D eigenvalue weighted by Crippen LogP contribution is 2.36. The van der Waals surface area contributed by atoms with Crippen LogP contribution in [-0.4, -0.2) is 5.78 Å². The zero-order valence-electron chi connectivity index (χ0n) is 10.5. The average molecular weight is 209 g/mol.